The van der Waals surface area contributed by atoms with Crippen molar-refractivity contribution in [3.8, 4) is 39.8 Å². The summed E-state index contributed by atoms with van der Waals surface area (Å²) in [6, 6.07) is 25.6. The monoisotopic (exact) mass is 908 g/mol. The number of amides is 4. The standard InChI is InChI=1S/C51H53ClN8O6/c1-31-36(30-66-47-21-46(65-29-34-18-33(22-53)23-55-24-34)37(20-44(47)52)25-56-27-39-12-15-49(62)58-39)6-4-8-41(31)42-9-5-7-40(32(42)2)35-10-13-45-43(19-35)51(64)59(3)28-50(63)60(45)17-16-54-26-38-11-14-48(61)57-38/h4-10,13,18-21,23-24,38-39,54,56H,11-12,14-17,25-30H2,1-3H3,(H,57,61)(H,58,62)/t38-,39+/m0/s1. The number of ether oxygens (including phenoxy) is 2. The lowest BCUT2D eigenvalue weighted by molar-refractivity contribution is -0.120. The van der Waals surface area contributed by atoms with Gasteiger partial charge >= 0.3 is 0 Å². The first-order valence-electron chi connectivity index (χ1n) is 22.3. The minimum atomic E-state index is -0.218. The van der Waals surface area contributed by atoms with E-state index in [2.05, 4.69) is 58.3 Å². The molecule has 14 nitrogen and oxygen atoms in total. The fourth-order valence-electron chi connectivity index (χ4n) is 8.84. The first-order chi connectivity index (χ1) is 31.9. The zero-order valence-electron chi connectivity index (χ0n) is 37.3. The van der Waals surface area contributed by atoms with Crippen molar-refractivity contribution in [1.29, 1.82) is 5.26 Å². The number of hydrogen-bond donors (Lipinski definition) is 4. The smallest absolute Gasteiger partial charge is 0.256 e. The molecule has 4 heterocycles. The Morgan fingerprint density at radius 3 is 2.21 bits per heavy atom. The van der Waals surface area contributed by atoms with Gasteiger partial charge < -0.3 is 40.5 Å². The summed E-state index contributed by atoms with van der Waals surface area (Å²) in [6.45, 7) is 7.07. The van der Waals surface area contributed by atoms with Crippen molar-refractivity contribution in [3.63, 3.8) is 0 Å². The number of fused-ring (bicyclic) bond motifs is 1. The molecule has 0 spiro atoms. The predicted octanol–water partition coefficient (Wildman–Crippen LogP) is 6.37. The molecule has 3 aliphatic rings. The maximum Gasteiger partial charge on any atom is 0.256 e. The lowest BCUT2D eigenvalue weighted by atomic mass is 9.89. The van der Waals surface area contributed by atoms with Gasteiger partial charge in [-0.05, 0) is 89.9 Å². The largest absolute Gasteiger partial charge is 0.488 e. The number of anilines is 1. The number of pyridine rings is 1. The van der Waals surface area contributed by atoms with Gasteiger partial charge in [0.15, 0.2) is 0 Å². The quantitative estimate of drug-likeness (QED) is 0.0767. The number of carbonyl (C=O) groups is 4. The van der Waals surface area contributed by atoms with Crippen LogP contribution in [-0.4, -0.2) is 85.4 Å². The molecule has 8 rings (SSSR count). The van der Waals surface area contributed by atoms with Crippen LogP contribution in [0.2, 0.25) is 5.02 Å². The molecule has 66 heavy (non-hydrogen) atoms. The van der Waals surface area contributed by atoms with Crippen molar-refractivity contribution < 1.29 is 28.7 Å². The van der Waals surface area contributed by atoms with Crippen LogP contribution in [0.1, 0.15) is 69.4 Å². The van der Waals surface area contributed by atoms with Crippen LogP contribution < -0.4 is 35.6 Å². The van der Waals surface area contributed by atoms with Gasteiger partial charge in [-0.15, -0.1) is 0 Å². The Labute approximate surface area is 389 Å². The Bertz CT molecular complexity index is 2720. The Balaban J connectivity index is 1.00. The van der Waals surface area contributed by atoms with Crippen molar-refractivity contribution in [3.05, 3.63) is 129 Å². The minimum Gasteiger partial charge on any atom is -0.488 e. The van der Waals surface area contributed by atoms with Gasteiger partial charge in [0.2, 0.25) is 17.7 Å². The average molecular weight is 909 g/mol. The molecule has 0 bridgehead atoms. The van der Waals surface area contributed by atoms with E-state index in [0.29, 0.717) is 78.9 Å². The van der Waals surface area contributed by atoms with Gasteiger partial charge in [0.05, 0.1) is 21.8 Å². The van der Waals surface area contributed by atoms with Crippen molar-refractivity contribution in [2.24, 2.45) is 0 Å². The number of carbonyl (C=O) groups excluding carboxylic acids is 4. The maximum absolute atomic E-state index is 13.8. The first-order valence-corrected chi connectivity index (χ1v) is 22.6. The van der Waals surface area contributed by atoms with E-state index >= 15 is 0 Å². The van der Waals surface area contributed by atoms with E-state index in [1.165, 1.54) is 11.1 Å². The number of nitrogens with one attached hydrogen (secondary N) is 4. The minimum absolute atomic E-state index is 0.0281. The molecule has 4 N–H and O–H groups in total. The molecule has 1 aromatic heterocycles. The number of nitriles is 1. The van der Waals surface area contributed by atoms with Crippen LogP contribution in [0, 0.1) is 25.2 Å². The molecule has 0 unspecified atom stereocenters. The zero-order valence-corrected chi connectivity index (χ0v) is 38.1. The molecule has 0 radical (unpaired) electrons. The Hall–Kier alpha value is -6.79. The summed E-state index contributed by atoms with van der Waals surface area (Å²) in [7, 11) is 1.65. The van der Waals surface area contributed by atoms with E-state index in [1.807, 2.05) is 48.5 Å². The fourth-order valence-corrected chi connectivity index (χ4v) is 9.08. The molecular formula is C51H53ClN8O6. The summed E-state index contributed by atoms with van der Waals surface area (Å²) in [6.07, 6.45) is 5.78. The van der Waals surface area contributed by atoms with Crippen molar-refractivity contribution in [1.82, 2.24) is 31.2 Å². The van der Waals surface area contributed by atoms with E-state index in [-0.39, 0.29) is 55.5 Å². The lowest BCUT2D eigenvalue weighted by Gasteiger charge is -2.23. The highest BCUT2D eigenvalue weighted by Crippen LogP contribution is 2.38. The van der Waals surface area contributed by atoms with Crippen LogP contribution in [0.5, 0.6) is 11.5 Å². The van der Waals surface area contributed by atoms with E-state index in [9.17, 15) is 24.4 Å². The third-order valence-electron chi connectivity index (χ3n) is 12.5. The van der Waals surface area contributed by atoms with Gasteiger partial charge in [-0.3, -0.25) is 24.2 Å². The molecular weight excluding hydrogens is 856 g/mol. The first kappa shape index (κ1) is 45.8. The topological polar surface area (TPSA) is 178 Å². The van der Waals surface area contributed by atoms with Gasteiger partial charge in [0, 0.05) is 94.3 Å². The number of nitrogens with zero attached hydrogens (tertiary/aromatic N) is 4. The van der Waals surface area contributed by atoms with Crippen LogP contribution in [-0.2, 0) is 34.1 Å². The number of hydrogen-bond acceptors (Lipinski definition) is 10. The second kappa shape index (κ2) is 20.6. The molecule has 2 atom stereocenters. The Kier molecular flexibility index (Phi) is 14.3. The summed E-state index contributed by atoms with van der Waals surface area (Å²) in [5.74, 6) is 0.756. The normalized spacial score (nSPS) is 17.0. The highest BCUT2D eigenvalue weighted by atomic mass is 35.5. The molecule has 5 aromatic rings. The van der Waals surface area contributed by atoms with Crippen molar-refractivity contribution in [2.45, 2.75) is 71.4 Å². The van der Waals surface area contributed by atoms with E-state index < -0.39 is 0 Å². The zero-order chi connectivity index (χ0) is 46.3. The number of rotatable bonds is 17. The van der Waals surface area contributed by atoms with E-state index in [0.717, 1.165) is 62.9 Å². The molecule has 2 saturated heterocycles. The molecule has 15 heteroatoms. The number of likely N-dealkylation sites (N-methyl/N-ethyl adjacent to an activating group) is 1. The predicted molar refractivity (Wildman–Crippen MR) is 252 cm³/mol. The van der Waals surface area contributed by atoms with Crippen LogP contribution in [0.15, 0.2) is 85.2 Å². The van der Waals surface area contributed by atoms with Gasteiger partial charge in [0.1, 0.15) is 37.3 Å². The summed E-state index contributed by atoms with van der Waals surface area (Å²) in [5, 5.41) is 22.5. The lowest BCUT2D eigenvalue weighted by Crippen LogP contribution is -2.43. The molecule has 340 valence electrons. The SMILES string of the molecule is Cc1c(COc2cc(OCc3cncc(C#N)c3)c(CNC[C@H]3CCC(=O)N3)cc2Cl)cccc1-c1cccc(-c2ccc3c(c2)C(=O)N(C)CC(=O)N3CCNC[C@@H]2CCC(=O)N2)c1C. The fraction of sp³-hybridized carbons (Fsp3) is 0.333. The summed E-state index contributed by atoms with van der Waals surface area (Å²) >= 11 is 6.88. The second-order valence-corrected chi connectivity index (χ2v) is 17.5. The van der Waals surface area contributed by atoms with Crippen LogP contribution in [0.25, 0.3) is 22.3 Å². The van der Waals surface area contributed by atoms with Crippen molar-refractivity contribution >= 4 is 40.9 Å². The number of benzene rings is 4. The highest BCUT2D eigenvalue weighted by molar-refractivity contribution is 6.32. The number of halogens is 1. The molecule has 3 aliphatic heterocycles. The summed E-state index contributed by atoms with van der Waals surface area (Å²) in [4.78, 5) is 57.9. The van der Waals surface area contributed by atoms with E-state index in [4.69, 9.17) is 21.1 Å². The van der Waals surface area contributed by atoms with E-state index in [1.54, 1.807) is 30.3 Å². The van der Waals surface area contributed by atoms with Gasteiger partial charge in [-0.1, -0.05) is 54.1 Å². The van der Waals surface area contributed by atoms with Gasteiger partial charge in [-0.25, -0.2) is 0 Å². The second-order valence-electron chi connectivity index (χ2n) is 17.1. The highest BCUT2D eigenvalue weighted by Gasteiger charge is 2.31. The number of aromatic nitrogens is 1. The third-order valence-corrected chi connectivity index (χ3v) is 12.8. The Morgan fingerprint density at radius 1 is 0.788 bits per heavy atom. The molecule has 0 aliphatic carbocycles. The third kappa shape index (κ3) is 10.5. The van der Waals surface area contributed by atoms with Gasteiger partial charge in [-0.2, -0.15) is 5.26 Å². The van der Waals surface area contributed by atoms with Crippen molar-refractivity contribution in [2.75, 3.05) is 44.7 Å². The average Bonchev–Trinajstić information content (AvgIpc) is 3.92. The van der Waals surface area contributed by atoms with Crippen LogP contribution in [0.3, 0.4) is 0 Å². The molecule has 0 saturated carbocycles. The van der Waals surface area contributed by atoms with Crippen LogP contribution >= 0.6 is 11.6 Å². The summed E-state index contributed by atoms with van der Waals surface area (Å²) < 4.78 is 12.8. The molecule has 2 fully saturated rings. The van der Waals surface area contributed by atoms with Crippen LogP contribution in [0.4, 0.5) is 5.69 Å². The molecule has 4 aromatic carbocycles. The summed E-state index contributed by atoms with van der Waals surface area (Å²) in [5.41, 5.74) is 9.95. The maximum atomic E-state index is 13.8. The van der Waals surface area contributed by atoms with Gasteiger partial charge in [0.25, 0.3) is 5.91 Å². The Morgan fingerprint density at radius 2 is 1.48 bits per heavy atom. The molecule has 4 amide bonds.